The van der Waals surface area contributed by atoms with Crippen LogP contribution in [0, 0.1) is 19.7 Å². The Morgan fingerprint density at radius 1 is 1.29 bits per heavy atom. The molecule has 114 valence electrons. The minimum atomic E-state index is -0.206. The van der Waals surface area contributed by atoms with Crippen molar-refractivity contribution in [2.24, 2.45) is 0 Å². The highest BCUT2D eigenvalue weighted by molar-refractivity contribution is 9.10. The van der Waals surface area contributed by atoms with Crippen molar-refractivity contribution in [3.63, 3.8) is 0 Å². The maximum absolute atomic E-state index is 13.5. The molecule has 1 unspecified atom stereocenters. The molecule has 21 heavy (non-hydrogen) atoms. The molecule has 2 rings (SSSR count). The third-order valence-electron chi connectivity index (χ3n) is 3.53. The largest absolute Gasteiger partial charge is 0.466 e. The minimum Gasteiger partial charge on any atom is -0.466 e. The standard InChI is InChI=1S/C17H21BrFNO/c1-4-7-20-17(15-8-11(2)21-12(15)3)10-13-9-14(19)5-6-16(13)18/h5-6,8-9,17,20H,4,7,10H2,1-3H3. The van der Waals surface area contributed by atoms with Gasteiger partial charge in [0.05, 0.1) is 0 Å². The third kappa shape index (κ3) is 4.17. The Bertz CT molecular complexity index is 609. The summed E-state index contributed by atoms with van der Waals surface area (Å²) in [6.07, 6.45) is 1.77. The lowest BCUT2D eigenvalue weighted by atomic mass is 9.98. The van der Waals surface area contributed by atoms with Gasteiger partial charge < -0.3 is 9.73 Å². The van der Waals surface area contributed by atoms with Crippen LogP contribution >= 0.6 is 15.9 Å². The molecule has 0 fully saturated rings. The van der Waals surface area contributed by atoms with Crippen LogP contribution in [-0.2, 0) is 6.42 Å². The van der Waals surface area contributed by atoms with Crippen LogP contribution in [0.5, 0.6) is 0 Å². The van der Waals surface area contributed by atoms with E-state index in [0.717, 1.165) is 46.5 Å². The fourth-order valence-corrected chi connectivity index (χ4v) is 2.94. The van der Waals surface area contributed by atoms with Crippen molar-refractivity contribution >= 4 is 15.9 Å². The topological polar surface area (TPSA) is 25.2 Å². The minimum absolute atomic E-state index is 0.125. The van der Waals surface area contributed by atoms with Gasteiger partial charge in [-0.1, -0.05) is 22.9 Å². The van der Waals surface area contributed by atoms with Crippen LogP contribution in [0.15, 0.2) is 33.2 Å². The molecule has 0 spiro atoms. The summed E-state index contributed by atoms with van der Waals surface area (Å²) in [4.78, 5) is 0. The Morgan fingerprint density at radius 3 is 2.67 bits per heavy atom. The van der Waals surface area contributed by atoms with Gasteiger partial charge in [-0.2, -0.15) is 0 Å². The number of aryl methyl sites for hydroxylation is 2. The molecule has 0 aliphatic carbocycles. The van der Waals surface area contributed by atoms with E-state index in [1.54, 1.807) is 12.1 Å². The van der Waals surface area contributed by atoms with Crippen molar-refractivity contribution in [3.05, 3.63) is 57.2 Å². The number of furan rings is 1. The summed E-state index contributed by atoms with van der Waals surface area (Å²) >= 11 is 3.51. The fraction of sp³-hybridized carbons (Fsp3) is 0.412. The summed E-state index contributed by atoms with van der Waals surface area (Å²) < 4.78 is 20.1. The molecule has 1 atom stereocenters. The van der Waals surface area contributed by atoms with Crippen LogP contribution in [0.2, 0.25) is 0 Å². The number of rotatable bonds is 6. The summed E-state index contributed by atoms with van der Waals surface area (Å²) in [5.41, 5.74) is 2.11. The zero-order valence-electron chi connectivity index (χ0n) is 12.7. The number of hydrogen-bond donors (Lipinski definition) is 1. The molecule has 0 saturated carbocycles. The molecule has 4 heteroatoms. The van der Waals surface area contributed by atoms with E-state index in [9.17, 15) is 4.39 Å². The molecule has 1 heterocycles. The Hall–Kier alpha value is -1.13. The molecule has 0 amide bonds. The smallest absolute Gasteiger partial charge is 0.123 e. The van der Waals surface area contributed by atoms with Crippen LogP contribution in [0.3, 0.4) is 0 Å². The quantitative estimate of drug-likeness (QED) is 0.782. The Morgan fingerprint density at radius 2 is 2.05 bits per heavy atom. The van der Waals surface area contributed by atoms with E-state index >= 15 is 0 Å². The predicted molar refractivity (Wildman–Crippen MR) is 87.0 cm³/mol. The predicted octanol–water partition coefficient (Wildman–Crippen LogP) is 5.08. The molecular formula is C17H21BrFNO. The molecule has 1 aromatic heterocycles. The zero-order chi connectivity index (χ0) is 15.4. The van der Waals surface area contributed by atoms with Crippen molar-refractivity contribution in [3.8, 4) is 0 Å². The van der Waals surface area contributed by atoms with Crippen molar-refractivity contribution in [1.82, 2.24) is 5.32 Å². The Balaban J connectivity index is 2.28. The van der Waals surface area contributed by atoms with Gasteiger partial charge in [0.1, 0.15) is 17.3 Å². The van der Waals surface area contributed by atoms with Crippen LogP contribution < -0.4 is 5.32 Å². The molecule has 0 bridgehead atoms. The Kier molecular flexibility index (Phi) is 5.59. The van der Waals surface area contributed by atoms with Crippen molar-refractivity contribution < 1.29 is 8.81 Å². The number of halogens is 2. The monoisotopic (exact) mass is 353 g/mol. The average molecular weight is 354 g/mol. The molecule has 1 N–H and O–H groups in total. The highest BCUT2D eigenvalue weighted by atomic mass is 79.9. The molecular weight excluding hydrogens is 333 g/mol. The second-order valence-electron chi connectivity index (χ2n) is 5.32. The van der Waals surface area contributed by atoms with Crippen molar-refractivity contribution in [1.29, 1.82) is 0 Å². The molecule has 2 aromatic rings. The highest BCUT2D eigenvalue weighted by Crippen LogP contribution is 2.28. The van der Waals surface area contributed by atoms with E-state index in [4.69, 9.17) is 4.42 Å². The van der Waals surface area contributed by atoms with Gasteiger partial charge in [0, 0.05) is 16.1 Å². The van der Waals surface area contributed by atoms with Gasteiger partial charge in [-0.25, -0.2) is 4.39 Å². The molecule has 0 aliphatic heterocycles. The third-order valence-corrected chi connectivity index (χ3v) is 4.30. The van der Waals surface area contributed by atoms with Gasteiger partial charge in [0.25, 0.3) is 0 Å². The van der Waals surface area contributed by atoms with Crippen LogP contribution in [0.1, 0.15) is 42.0 Å². The number of nitrogens with one attached hydrogen (secondary N) is 1. The second-order valence-corrected chi connectivity index (χ2v) is 6.17. The second kappa shape index (κ2) is 7.23. The first-order valence-electron chi connectivity index (χ1n) is 7.25. The first-order chi connectivity index (χ1) is 10.0. The van der Waals surface area contributed by atoms with Gasteiger partial charge in [-0.15, -0.1) is 0 Å². The maximum Gasteiger partial charge on any atom is 0.123 e. The highest BCUT2D eigenvalue weighted by Gasteiger charge is 2.18. The van der Waals surface area contributed by atoms with Gasteiger partial charge in [-0.05, 0) is 63.1 Å². The zero-order valence-corrected chi connectivity index (χ0v) is 14.3. The lowest BCUT2D eigenvalue weighted by Gasteiger charge is -2.19. The summed E-state index contributed by atoms with van der Waals surface area (Å²) in [6.45, 7) is 6.98. The van der Waals surface area contributed by atoms with E-state index < -0.39 is 0 Å². The van der Waals surface area contributed by atoms with E-state index in [-0.39, 0.29) is 11.9 Å². The van der Waals surface area contributed by atoms with E-state index in [1.165, 1.54) is 6.07 Å². The van der Waals surface area contributed by atoms with Crippen LogP contribution in [-0.4, -0.2) is 6.54 Å². The average Bonchev–Trinajstić information content (AvgIpc) is 2.77. The van der Waals surface area contributed by atoms with E-state index in [2.05, 4.69) is 34.2 Å². The summed E-state index contributed by atoms with van der Waals surface area (Å²) in [5.74, 6) is 1.63. The summed E-state index contributed by atoms with van der Waals surface area (Å²) in [5, 5.41) is 3.53. The molecule has 2 nitrogen and oxygen atoms in total. The van der Waals surface area contributed by atoms with Crippen LogP contribution in [0.4, 0.5) is 4.39 Å². The lowest BCUT2D eigenvalue weighted by molar-refractivity contribution is 0.479. The van der Waals surface area contributed by atoms with Gasteiger partial charge in [0.15, 0.2) is 0 Å². The number of hydrogen-bond acceptors (Lipinski definition) is 2. The van der Waals surface area contributed by atoms with Gasteiger partial charge >= 0.3 is 0 Å². The van der Waals surface area contributed by atoms with Gasteiger partial charge in [-0.3, -0.25) is 0 Å². The maximum atomic E-state index is 13.5. The first kappa shape index (κ1) is 16.2. The van der Waals surface area contributed by atoms with Crippen LogP contribution in [0.25, 0.3) is 0 Å². The van der Waals surface area contributed by atoms with Crippen molar-refractivity contribution in [2.75, 3.05) is 6.54 Å². The van der Waals surface area contributed by atoms with E-state index in [1.807, 2.05) is 13.8 Å². The number of benzene rings is 1. The lowest BCUT2D eigenvalue weighted by Crippen LogP contribution is -2.24. The normalized spacial score (nSPS) is 12.6. The fourth-order valence-electron chi connectivity index (χ4n) is 2.53. The van der Waals surface area contributed by atoms with Crippen molar-refractivity contribution in [2.45, 2.75) is 39.7 Å². The summed E-state index contributed by atoms with van der Waals surface area (Å²) in [7, 11) is 0. The van der Waals surface area contributed by atoms with Gasteiger partial charge in [0.2, 0.25) is 0 Å². The SMILES string of the molecule is CCCNC(Cc1cc(F)ccc1Br)c1cc(C)oc1C. The molecule has 0 aliphatic rings. The molecule has 0 radical (unpaired) electrons. The summed E-state index contributed by atoms with van der Waals surface area (Å²) in [6, 6.07) is 7.01. The molecule has 0 saturated heterocycles. The first-order valence-corrected chi connectivity index (χ1v) is 8.04. The molecule has 1 aromatic carbocycles. The van der Waals surface area contributed by atoms with E-state index in [0.29, 0.717) is 0 Å². The Labute approximate surface area is 133 Å².